The Bertz CT molecular complexity index is 1030. The van der Waals surface area contributed by atoms with Crippen molar-refractivity contribution in [3.05, 3.63) is 95.1 Å². The number of anilines is 2. The van der Waals surface area contributed by atoms with E-state index in [1.807, 2.05) is 91.5 Å². The molecule has 1 N–H and O–H groups in total. The molecule has 1 atom stereocenters. The minimum Gasteiger partial charge on any atom is -0.322 e. The van der Waals surface area contributed by atoms with Gasteiger partial charge in [0.15, 0.2) is 0 Å². The number of carbonyl (C=O) groups excluding carboxylic acids is 2. The molecule has 0 unspecified atom stereocenters. The van der Waals surface area contributed by atoms with Crippen LogP contribution < -0.4 is 10.2 Å². The van der Waals surface area contributed by atoms with Crippen LogP contribution >= 0.6 is 11.8 Å². The summed E-state index contributed by atoms with van der Waals surface area (Å²) in [5.74, 6) is 0.440. The average Bonchev–Trinajstić information content (AvgIpc) is 3.11. The summed E-state index contributed by atoms with van der Waals surface area (Å²) in [7, 11) is 0. The van der Waals surface area contributed by atoms with Crippen molar-refractivity contribution < 1.29 is 9.59 Å². The van der Waals surface area contributed by atoms with Crippen molar-refractivity contribution in [1.29, 1.82) is 0 Å². The highest BCUT2D eigenvalue weighted by molar-refractivity contribution is 8.00. The molecule has 4 rings (SSSR count). The van der Waals surface area contributed by atoms with Gasteiger partial charge in [-0.1, -0.05) is 47.5 Å². The summed E-state index contributed by atoms with van der Waals surface area (Å²) in [6, 6.07) is 23.2. The van der Waals surface area contributed by atoms with Crippen molar-refractivity contribution in [2.24, 2.45) is 0 Å². The fraction of sp³-hybridized carbons (Fsp3) is 0.167. The van der Waals surface area contributed by atoms with Crippen LogP contribution in [0.3, 0.4) is 0 Å². The first-order valence-electron chi connectivity index (χ1n) is 9.49. The zero-order valence-corrected chi connectivity index (χ0v) is 17.2. The molecule has 2 amide bonds. The van der Waals surface area contributed by atoms with Crippen LogP contribution in [-0.4, -0.2) is 17.6 Å². The Labute approximate surface area is 174 Å². The molecule has 1 aliphatic rings. The van der Waals surface area contributed by atoms with Gasteiger partial charge in [-0.2, -0.15) is 0 Å². The Balaban J connectivity index is 1.50. The number of carbonyl (C=O) groups is 2. The molecule has 1 fully saturated rings. The number of nitrogens with one attached hydrogen (secondary N) is 1. The molecule has 5 heteroatoms. The van der Waals surface area contributed by atoms with Crippen LogP contribution in [0.1, 0.15) is 32.4 Å². The fourth-order valence-corrected chi connectivity index (χ4v) is 4.47. The topological polar surface area (TPSA) is 49.4 Å². The van der Waals surface area contributed by atoms with E-state index in [-0.39, 0.29) is 17.2 Å². The van der Waals surface area contributed by atoms with E-state index < -0.39 is 0 Å². The van der Waals surface area contributed by atoms with Crippen molar-refractivity contribution >= 4 is 35.0 Å². The van der Waals surface area contributed by atoms with E-state index in [4.69, 9.17) is 0 Å². The molecule has 1 heterocycles. The molecule has 1 aliphatic heterocycles. The van der Waals surface area contributed by atoms with Crippen LogP contribution in [0.4, 0.5) is 11.4 Å². The Kier molecular flexibility index (Phi) is 5.41. The molecule has 1 saturated heterocycles. The quantitative estimate of drug-likeness (QED) is 0.641. The molecule has 0 aromatic heterocycles. The SMILES string of the molecule is Cc1ccc(C(=O)Nc2ccc([C@@H]3SCC(=O)N3c3ccc(C)cc3)cc2)cc1. The lowest BCUT2D eigenvalue weighted by atomic mass is 10.1. The molecule has 4 nitrogen and oxygen atoms in total. The molecule has 146 valence electrons. The van der Waals surface area contributed by atoms with E-state index >= 15 is 0 Å². The van der Waals surface area contributed by atoms with Crippen molar-refractivity contribution in [3.8, 4) is 0 Å². The number of aryl methyl sites for hydroxylation is 2. The van der Waals surface area contributed by atoms with Gasteiger partial charge in [0.25, 0.3) is 5.91 Å². The van der Waals surface area contributed by atoms with Gasteiger partial charge in [-0.3, -0.25) is 14.5 Å². The second-order valence-corrected chi connectivity index (χ2v) is 8.27. The van der Waals surface area contributed by atoms with Gasteiger partial charge in [0.2, 0.25) is 5.91 Å². The third-order valence-electron chi connectivity index (χ3n) is 4.95. The highest BCUT2D eigenvalue weighted by Crippen LogP contribution is 2.41. The zero-order chi connectivity index (χ0) is 20.4. The molecule has 29 heavy (non-hydrogen) atoms. The highest BCUT2D eigenvalue weighted by atomic mass is 32.2. The van der Waals surface area contributed by atoms with Gasteiger partial charge >= 0.3 is 0 Å². The highest BCUT2D eigenvalue weighted by Gasteiger charge is 2.33. The van der Waals surface area contributed by atoms with Crippen LogP contribution in [-0.2, 0) is 4.79 Å². The fourth-order valence-electron chi connectivity index (χ4n) is 3.29. The predicted octanol–water partition coefficient (Wildman–Crippen LogP) is 5.33. The largest absolute Gasteiger partial charge is 0.322 e. The van der Waals surface area contributed by atoms with Gasteiger partial charge in [0.05, 0.1) is 5.75 Å². The summed E-state index contributed by atoms with van der Waals surface area (Å²) < 4.78 is 0. The molecular weight excluding hydrogens is 380 g/mol. The van der Waals surface area contributed by atoms with E-state index in [1.165, 1.54) is 5.56 Å². The second kappa shape index (κ2) is 8.13. The number of amides is 2. The maximum absolute atomic E-state index is 12.5. The summed E-state index contributed by atoms with van der Waals surface area (Å²) in [5, 5.41) is 2.86. The van der Waals surface area contributed by atoms with Crippen LogP contribution in [0.5, 0.6) is 0 Å². The standard InChI is InChI=1S/C24H22N2O2S/c1-16-3-7-18(8-4-16)23(28)25-20-11-9-19(10-12-20)24-26(22(27)15-29-24)21-13-5-17(2)6-14-21/h3-14,24H,15H2,1-2H3,(H,25,28)/t24-/m0/s1. The maximum atomic E-state index is 12.5. The summed E-state index contributed by atoms with van der Waals surface area (Å²) in [4.78, 5) is 26.7. The summed E-state index contributed by atoms with van der Waals surface area (Å²) in [5.41, 5.74) is 5.59. The second-order valence-electron chi connectivity index (χ2n) is 7.20. The van der Waals surface area contributed by atoms with E-state index in [0.717, 1.165) is 22.5 Å². The van der Waals surface area contributed by atoms with E-state index in [0.29, 0.717) is 11.3 Å². The Hall–Kier alpha value is -3.05. The number of rotatable bonds is 4. The molecular formula is C24H22N2O2S. The van der Waals surface area contributed by atoms with E-state index in [2.05, 4.69) is 5.32 Å². The monoisotopic (exact) mass is 402 g/mol. The van der Waals surface area contributed by atoms with Crippen LogP contribution in [0.2, 0.25) is 0 Å². The van der Waals surface area contributed by atoms with E-state index in [9.17, 15) is 9.59 Å². The number of hydrogen-bond donors (Lipinski definition) is 1. The first-order chi connectivity index (χ1) is 14.0. The Morgan fingerprint density at radius 3 is 2.10 bits per heavy atom. The lowest BCUT2D eigenvalue weighted by Gasteiger charge is -2.24. The van der Waals surface area contributed by atoms with Crippen molar-refractivity contribution in [1.82, 2.24) is 0 Å². The van der Waals surface area contributed by atoms with Gasteiger partial charge in [-0.25, -0.2) is 0 Å². The third-order valence-corrected chi connectivity index (χ3v) is 6.16. The molecule has 3 aromatic carbocycles. The lowest BCUT2D eigenvalue weighted by molar-refractivity contribution is -0.115. The third kappa shape index (κ3) is 4.20. The average molecular weight is 403 g/mol. The minimum absolute atomic E-state index is 0.0629. The van der Waals surface area contributed by atoms with E-state index in [1.54, 1.807) is 11.8 Å². The Morgan fingerprint density at radius 1 is 0.897 bits per heavy atom. The molecule has 0 bridgehead atoms. The first-order valence-corrected chi connectivity index (χ1v) is 10.5. The maximum Gasteiger partial charge on any atom is 0.255 e. The summed E-state index contributed by atoms with van der Waals surface area (Å²) in [6.07, 6.45) is 0. The number of benzene rings is 3. The minimum atomic E-state index is -0.135. The van der Waals surface area contributed by atoms with Gasteiger partial charge in [-0.05, 0) is 55.8 Å². The predicted molar refractivity (Wildman–Crippen MR) is 119 cm³/mol. The number of nitrogens with zero attached hydrogens (tertiary/aromatic N) is 1. The van der Waals surface area contributed by atoms with Crippen molar-refractivity contribution in [3.63, 3.8) is 0 Å². The normalized spacial score (nSPS) is 16.1. The Morgan fingerprint density at radius 2 is 1.48 bits per heavy atom. The van der Waals surface area contributed by atoms with Crippen LogP contribution in [0.25, 0.3) is 0 Å². The van der Waals surface area contributed by atoms with Crippen LogP contribution in [0.15, 0.2) is 72.8 Å². The van der Waals surface area contributed by atoms with Crippen molar-refractivity contribution in [2.75, 3.05) is 16.0 Å². The summed E-state index contributed by atoms with van der Waals surface area (Å²) >= 11 is 1.62. The van der Waals surface area contributed by atoms with Gasteiger partial charge in [0.1, 0.15) is 5.37 Å². The zero-order valence-electron chi connectivity index (χ0n) is 16.4. The number of thioether (sulfide) groups is 1. The molecule has 3 aromatic rings. The van der Waals surface area contributed by atoms with Gasteiger partial charge in [-0.15, -0.1) is 11.8 Å². The molecule has 0 aliphatic carbocycles. The van der Waals surface area contributed by atoms with Gasteiger partial charge in [0, 0.05) is 16.9 Å². The summed E-state index contributed by atoms with van der Waals surface area (Å²) in [6.45, 7) is 4.03. The smallest absolute Gasteiger partial charge is 0.255 e. The van der Waals surface area contributed by atoms with Gasteiger partial charge < -0.3 is 5.32 Å². The molecule has 0 saturated carbocycles. The van der Waals surface area contributed by atoms with Crippen LogP contribution in [0, 0.1) is 13.8 Å². The first kappa shape index (κ1) is 19.3. The molecule has 0 spiro atoms. The molecule has 0 radical (unpaired) electrons. The lowest BCUT2D eigenvalue weighted by Crippen LogP contribution is -2.27. The van der Waals surface area contributed by atoms with Crippen molar-refractivity contribution in [2.45, 2.75) is 19.2 Å². The number of hydrogen-bond acceptors (Lipinski definition) is 3.